The summed E-state index contributed by atoms with van der Waals surface area (Å²) in [5.74, 6) is 1.04. The third-order valence-corrected chi connectivity index (χ3v) is 5.37. The van der Waals surface area contributed by atoms with Crippen LogP contribution >= 0.6 is 11.8 Å². The van der Waals surface area contributed by atoms with Gasteiger partial charge in [-0.05, 0) is 17.4 Å². The summed E-state index contributed by atoms with van der Waals surface area (Å²) in [6.07, 6.45) is 2.93. The Balaban J connectivity index is 1.58. The van der Waals surface area contributed by atoms with E-state index in [2.05, 4.69) is 28.9 Å². The Hall–Kier alpha value is -2.81. The van der Waals surface area contributed by atoms with E-state index in [9.17, 15) is 14.9 Å². The molecule has 0 saturated carbocycles. The molecule has 4 rings (SSSR count). The van der Waals surface area contributed by atoms with Gasteiger partial charge in [-0.3, -0.25) is 14.9 Å². The molecule has 0 spiro atoms. The molecule has 8 nitrogen and oxygen atoms in total. The van der Waals surface area contributed by atoms with Crippen LogP contribution in [0.15, 0.2) is 35.6 Å². The Morgan fingerprint density at radius 2 is 2.11 bits per heavy atom. The summed E-state index contributed by atoms with van der Waals surface area (Å²) in [7, 11) is 0. The smallest absolute Gasteiger partial charge is 0.269 e. The fourth-order valence-electron chi connectivity index (χ4n) is 3.22. The number of rotatable bonds is 4. The summed E-state index contributed by atoms with van der Waals surface area (Å²) in [6.45, 7) is 4.12. The minimum Gasteiger partial charge on any atom is -0.294 e. The number of hydrogen-bond donors (Lipinski definition) is 0. The SMILES string of the molecule is CC1(C)CC(=O)c2cn3nc(SCc4cccc([N+](=O)[O-])c4)nc3nc2C1. The zero-order valence-electron chi connectivity index (χ0n) is 14.9. The van der Waals surface area contributed by atoms with E-state index in [-0.39, 0.29) is 16.9 Å². The Bertz CT molecular complexity index is 1080. The van der Waals surface area contributed by atoms with E-state index in [0.29, 0.717) is 28.7 Å². The molecule has 0 amide bonds. The molecule has 0 atom stereocenters. The van der Waals surface area contributed by atoms with Gasteiger partial charge >= 0.3 is 0 Å². The molecule has 0 N–H and O–H groups in total. The van der Waals surface area contributed by atoms with Crippen molar-refractivity contribution < 1.29 is 9.72 Å². The molecule has 138 valence electrons. The number of aromatic nitrogens is 4. The van der Waals surface area contributed by atoms with Crippen LogP contribution in [0.25, 0.3) is 5.78 Å². The quantitative estimate of drug-likeness (QED) is 0.386. The lowest BCUT2D eigenvalue weighted by atomic mass is 9.76. The van der Waals surface area contributed by atoms with Crippen LogP contribution < -0.4 is 0 Å². The largest absolute Gasteiger partial charge is 0.294 e. The van der Waals surface area contributed by atoms with Crippen LogP contribution in [0.1, 0.15) is 41.9 Å². The zero-order chi connectivity index (χ0) is 19.2. The van der Waals surface area contributed by atoms with Crippen LogP contribution in [0.4, 0.5) is 5.69 Å². The molecule has 2 aromatic heterocycles. The second-order valence-corrected chi connectivity index (χ2v) is 8.34. The van der Waals surface area contributed by atoms with Gasteiger partial charge in [-0.25, -0.2) is 9.50 Å². The summed E-state index contributed by atoms with van der Waals surface area (Å²) in [6, 6.07) is 6.49. The van der Waals surface area contributed by atoms with Crippen molar-refractivity contribution in [1.29, 1.82) is 0 Å². The molecule has 2 heterocycles. The second kappa shape index (κ2) is 6.41. The summed E-state index contributed by atoms with van der Waals surface area (Å²) >= 11 is 1.37. The highest BCUT2D eigenvalue weighted by Crippen LogP contribution is 2.34. The fourth-order valence-corrected chi connectivity index (χ4v) is 3.99. The molecule has 0 unspecified atom stereocenters. The molecule has 0 radical (unpaired) electrons. The maximum atomic E-state index is 12.4. The molecule has 27 heavy (non-hydrogen) atoms. The van der Waals surface area contributed by atoms with Crippen LogP contribution in [0.5, 0.6) is 0 Å². The molecule has 0 bridgehead atoms. The number of hydrogen-bond acceptors (Lipinski definition) is 7. The van der Waals surface area contributed by atoms with E-state index in [1.165, 1.54) is 22.3 Å². The highest BCUT2D eigenvalue weighted by molar-refractivity contribution is 7.98. The number of fused-ring (bicyclic) bond motifs is 2. The summed E-state index contributed by atoms with van der Waals surface area (Å²) in [5.41, 5.74) is 2.16. The molecule has 9 heteroatoms. The lowest BCUT2D eigenvalue weighted by molar-refractivity contribution is -0.384. The normalized spacial score (nSPS) is 15.7. The van der Waals surface area contributed by atoms with Crippen molar-refractivity contribution in [3.63, 3.8) is 0 Å². The zero-order valence-corrected chi connectivity index (χ0v) is 15.7. The molecule has 3 aromatic rings. The van der Waals surface area contributed by atoms with E-state index in [0.717, 1.165) is 17.7 Å². The van der Waals surface area contributed by atoms with Crippen LogP contribution in [-0.4, -0.2) is 30.3 Å². The molecular weight excluding hydrogens is 366 g/mol. The summed E-state index contributed by atoms with van der Waals surface area (Å²) in [4.78, 5) is 31.8. The van der Waals surface area contributed by atoms with Gasteiger partial charge in [-0.15, -0.1) is 5.10 Å². The van der Waals surface area contributed by atoms with Crippen LogP contribution in [0, 0.1) is 15.5 Å². The van der Waals surface area contributed by atoms with Gasteiger partial charge in [0.05, 0.1) is 16.2 Å². The molecule has 1 aromatic carbocycles. The number of nitro groups is 1. The predicted molar refractivity (Wildman–Crippen MR) is 99.9 cm³/mol. The van der Waals surface area contributed by atoms with Crippen molar-refractivity contribution in [2.45, 2.75) is 37.6 Å². The first-order valence-electron chi connectivity index (χ1n) is 8.46. The number of carbonyl (C=O) groups excluding carboxylic acids is 1. The first-order chi connectivity index (χ1) is 12.8. The van der Waals surface area contributed by atoms with Gasteiger partial charge in [-0.1, -0.05) is 37.7 Å². The van der Waals surface area contributed by atoms with Gasteiger partial charge in [-0.2, -0.15) is 4.98 Å². The number of nitrogens with zero attached hydrogens (tertiary/aromatic N) is 5. The van der Waals surface area contributed by atoms with E-state index >= 15 is 0 Å². The monoisotopic (exact) mass is 383 g/mol. The van der Waals surface area contributed by atoms with E-state index in [1.54, 1.807) is 18.3 Å². The van der Waals surface area contributed by atoms with Gasteiger partial charge in [0.1, 0.15) is 0 Å². The van der Waals surface area contributed by atoms with Crippen molar-refractivity contribution in [1.82, 2.24) is 19.6 Å². The number of thioether (sulfide) groups is 1. The predicted octanol–water partition coefficient (Wildman–Crippen LogP) is 3.48. The highest BCUT2D eigenvalue weighted by Gasteiger charge is 2.32. The summed E-state index contributed by atoms with van der Waals surface area (Å²) in [5, 5.41) is 15.8. The van der Waals surface area contributed by atoms with Gasteiger partial charge in [0.25, 0.3) is 11.5 Å². The lowest BCUT2D eigenvalue weighted by Gasteiger charge is -2.28. The van der Waals surface area contributed by atoms with E-state index in [1.807, 2.05) is 6.07 Å². The number of carbonyl (C=O) groups is 1. The number of nitro benzene ring substituents is 1. The standard InChI is InChI=1S/C18H17N5O3S/c1-18(2)7-14-13(15(24)8-18)9-22-16(19-14)20-17(21-22)27-10-11-4-3-5-12(6-11)23(25)26/h3-6,9H,7-8,10H2,1-2H3. The highest BCUT2D eigenvalue weighted by atomic mass is 32.2. The molecule has 0 fully saturated rings. The maximum Gasteiger partial charge on any atom is 0.269 e. The van der Waals surface area contributed by atoms with Crippen molar-refractivity contribution in [3.8, 4) is 0 Å². The third kappa shape index (κ3) is 3.55. The Labute approximate surface area is 159 Å². The Morgan fingerprint density at radius 3 is 2.89 bits per heavy atom. The number of Topliss-reactive ketones (excluding diaryl/α,β-unsaturated/α-hetero) is 1. The fraction of sp³-hybridized carbons (Fsp3) is 0.333. The minimum absolute atomic E-state index is 0.0616. The summed E-state index contributed by atoms with van der Waals surface area (Å²) < 4.78 is 1.53. The van der Waals surface area contributed by atoms with E-state index in [4.69, 9.17) is 0 Å². The number of ketones is 1. The van der Waals surface area contributed by atoms with Gasteiger partial charge in [0.15, 0.2) is 5.78 Å². The minimum atomic E-state index is -0.412. The maximum absolute atomic E-state index is 12.4. The van der Waals surface area contributed by atoms with Crippen molar-refractivity contribution in [3.05, 3.63) is 57.4 Å². The first kappa shape index (κ1) is 17.6. The van der Waals surface area contributed by atoms with Gasteiger partial charge in [0, 0.05) is 30.5 Å². The molecule has 1 aliphatic carbocycles. The van der Waals surface area contributed by atoms with E-state index < -0.39 is 4.92 Å². The molecule has 0 saturated heterocycles. The molecule has 1 aliphatic rings. The average Bonchev–Trinajstić information content (AvgIpc) is 2.99. The number of benzene rings is 1. The van der Waals surface area contributed by atoms with Crippen LogP contribution in [0.3, 0.4) is 0 Å². The van der Waals surface area contributed by atoms with Gasteiger partial charge in [0.2, 0.25) is 5.16 Å². The van der Waals surface area contributed by atoms with Crippen LogP contribution in [-0.2, 0) is 12.2 Å². The lowest BCUT2D eigenvalue weighted by Crippen LogP contribution is -2.28. The Morgan fingerprint density at radius 1 is 1.30 bits per heavy atom. The van der Waals surface area contributed by atoms with Crippen molar-refractivity contribution >= 4 is 29.0 Å². The van der Waals surface area contributed by atoms with Crippen molar-refractivity contribution in [2.24, 2.45) is 5.41 Å². The topological polar surface area (TPSA) is 103 Å². The van der Waals surface area contributed by atoms with Crippen LogP contribution in [0.2, 0.25) is 0 Å². The number of non-ortho nitro benzene ring substituents is 1. The van der Waals surface area contributed by atoms with Crippen molar-refractivity contribution in [2.75, 3.05) is 0 Å². The molecule has 0 aliphatic heterocycles. The Kier molecular flexibility index (Phi) is 4.18. The molecular formula is C18H17N5O3S. The first-order valence-corrected chi connectivity index (χ1v) is 9.45. The second-order valence-electron chi connectivity index (χ2n) is 7.40. The third-order valence-electron chi connectivity index (χ3n) is 4.47. The average molecular weight is 383 g/mol. The van der Waals surface area contributed by atoms with Gasteiger partial charge < -0.3 is 0 Å².